The third-order valence-corrected chi connectivity index (χ3v) is 6.50. The molecular weight excluding hydrogens is 404 g/mol. The second-order valence-corrected chi connectivity index (χ2v) is 8.62. The number of nitrogens with zero attached hydrogens (tertiary/aromatic N) is 3. The van der Waals surface area contributed by atoms with Gasteiger partial charge in [-0.1, -0.05) is 18.2 Å². The lowest BCUT2D eigenvalue weighted by Crippen LogP contribution is -2.49. The van der Waals surface area contributed by atoms with Gasteiger partial charge in [-0.3, -0.25) is 4.90 Å². The van der Waals surface area contributed by atoms with Crippen molar-refractivity contribution in [3.8, 4) is 16.3 Å². The summed E-state index contributed by atoms with van der Waals surface area (Å²) in [5, 5.41) is 8.31. The number of nitrogens with one attached hydrogen (secondary N) is 1. The summed E-state index contributed by atoms with van der Waals surface area (Å²) in [6, 6.07) is 11.6. The fourth-order valence-corrected chi connectivity index (χ4v) is 4.86. The third-order valence-electron chi connectivity index (χ3n) is 4.77. The average molecular weight is 429 g/mol. The van der Waals surface area contributed by atoms with E-state index < -0.39 is 0 Å². The lowest BCUT2D eigenvalue weighted by molar-refractivity contribution is 0.143. The first-order valence-corrected chi connectivity index (χ1v) is 11.5. The van der Waals surface area contributed by atoms with Crippen molar-refractivity contribution >= 4 is 34.4 Å². The lowest BCUT2D eigenvalue weighted by atomic mass is 10.3. The molecule has 4 rings (SSSR count). The van der Waals surface area contributed by atoms with Gasteiger partial charge in [0.05, 0.1) is 29.4 Å². The number of thiophene rings is 1. The Kier molecular flexibility index (Phi) is 6.43. The Labute approximate surface area is 178 Å². The zero-order valence-corrected chi connectivity index (χ0v) is 18.0. The van der Waals surface area contributed by atoms with Crippen LogP contribution in [0.1, 0.15) is 11.9 Å². The fraction of sp³-hybridized carbons (Fsp3) is 0.333. The number of hydrogen-bond donors (Lipinski definition) is 1. The number of amides is 2. The van der Waals surface area contributed by atoms with E-state index in [0.29, 0.717) is 31.1 Å². The average Bonchev–Trinajstić information content (AvgIpc) is 3.42. The number of rotatable bonds is 6. The van der Waals surface area contributed by atoms with Gasteiger partial charge in [0, 0.05) is 31.6 Å². The molecule has 0 saturated carbocycles. The van der Waals surface area contributed by atoms with Gasteiger partial charge >= 0.3 is 6.03 Å². The van der Waals surface area contributed by atoms with Gasteiger partial charge in [0.2, 0.25) is 0 Å². The van der Waals surface area contributed by atoms with Crippen LogP contribution in [-0.2, 0) is 6.54 Å². The predicted octanol–water partition coefficient (Wildman–Crippen LogP) is 4.62. The van der Waals surface area contributed by atoms with Crippen molar-refractivity contribution in [3.05, 3.63) is 52.2 Å². The van der Waals surface area contributed by atoms with Crippen LogP contribution in [0, 0.1) is 0 Å². The predicted molar refractivity (Wildman–Crippen MR) is 119 cm³/mol. The molecule has 3 aromatic rings. The second-order valence-electron chi connectivity index (χ2n) is 6.73. The molecule has 3 heterocycles. The van der Waals surface area contributed by atoms with Gasteiger partial charge in [0.25, 0.3) is 0 Å². The number of para-hydroxylation sites is 2. The molecule has 0 bridgehead atoms. The zero-order chi connectivity index (χ0) is 20.1. The number of thiazole rings is 1. The molecular formula is C21H24N4O2S2. The molecule has 8 heteroatoms. The van der Waals surface area contributed by atoms with E-state index in [9.17, 15) is 4.79 Å². The molecule has 2 amide bonds. The zero-order valence-electron chi connectivity index (χ0n) is 16.3. The van der Waals surface area contributed by atoms with E-state index in [2.05, 4.69) is 33.1 Å². The lowest BCUT2D eigenvalue weighted by Gasteiger charge is -2.34. The topological polar surface area (TPSA) is 57.7 Å². The van der Waals surface area contributed by atoms with E-state index in [-0.39, 0.29) is 6.03 Å². The first-order valence-electron chi connectivity index (χ1n) is 9.71. The highest BCUT2D eigenvalue weighted by Gasteiger charge is 2.22. The van der Waals surface area contributed by atoms with Crippen molar-refractivity contribution in [1.29, 1.82) is 0 Å². The molecule has 0 unspecified atom stereocenters. The van der Waals surface area contributed by atoms with E-state index in [4.69, 9.17) is 9.72 Å². The first-order chi connectivity index (χ1) is 14.2. The van der Waals surface area contributed by atoms with Crippen LogP contribution in [0.5, 0.6) is 5.75 Å². The number of urea groups is 1. The molecule has 1 aromatic carbocycles. The Morgan fingerprint density at radius 3 is 2.72 bits per heavy atom. The minimum Gasteiger partial charge on any atom is -0.492 e. The van der Waals surface area contributed by atoms with Crippen molar-refractivity contribution in [2.45, 2.75) is 13.5 Å². The van der Waals surface area contributed by atoms with E-state index in [1.54, 1.807) is 22.7 Å². The number of carbonyl (C=O) groups is 1. The summed E-state index contributed by atoms with van der Waals surface area (Å²) in [4.78, 5) is 22.8. The molecule has 6 nitrogen and oxygen atoms in total. The van der Waals surface area contributed by atoms with E-state index >= 15 is 0 Å². The number of ether oxygens (including phenoxy) is 1. The molecule has 1 saturated heterocycles. The van der Waals surface area contributed by atoms with Crippen LogP contribution in [0.2, 0.25) is 0 Å². The highest BCUT2D eigenvalue weighted by atomic mass is 32.1. The summed E-state index contributed by atoms with van der Waals surface area (Å²) in [7, 11) is 0. The van der Waals surface area contributed by atoms with Crippen LogP contribution in [-0.4, -0.2) is 53.6 Å². The monoisotopic (exact) mass is 428 g/mol. The van der Waals surface area contributed by atoms with Crippen molar-refractivity contribution in [3.63, 3.8) is 0 Å². The summed E-state index contributed by atoms with van der Waals surface area (Å²) in [5.41, 5.74) is 1.77. The van der Waals surface area contributed by atoms with Gasteiger partial charge in [0.15, 0.2) is 0 Å². The SMILES string of the molecule is CCOc1ccccc1NC(=O)N1CCN(Cc2nc(-c3cccs3)cs2)CC1. The van der Waals surface area contributed by atoms with Crippen molar-refractivity contribution in [2.75, 3.05) is 38.1 Å². The highest BCUT2D eigenvalue weighted by Crippen LogP contribution is 2.27. The van der Waals surface area contributed by atoms with E-state index in [0.717, 1.165) is 30.3 Å². The van der Waals surface area contributed by atoms with Crippen LogP contribution in [0.4, 0.5) is 10.5 Å². The Bertz CT molecular complexity index is 934. The molecule has 0 radical (unpaired) electrons. The maximum atomic E-state index is 12.7. The van der Waals surface area contributed by atoms with E-state index in [1.165, 1.54) is 4.88 Å². The Balaban J connectivity index is 1.29. The van der Waals surface area contributed by atoms with Crippen LogP contribution in [0.3, 0.4) is 0 Å². The van der Waals surface area contributed by atoms with Gasteiger partial charge in [-0.15, -0.1) is 22.7 Å². The molecule has 1 N–H and O–H groups in total. The summed E-state index contributed by atoms with van der Waals surface area (Å²) in [6.07, 6.45) is 0. The van der Waals surface area contributed by atoms with Crippen LogP contribution < -0.4 is 10.1 Å². The second kappa shape index (κ2) is 9.39. The summed E-state index contributed by atoms with van der Waals surface area (Å²) < 4.78 is 5.59. The number of hydrogen-bond acceptors (Lipinski definition) is 6. The Hall–Kier alpha value is -2.42. The summed E-state index contributed by atoms with van der Waals surface area (Å²) in [5.74, 6) is 0.701. The van der Waals surface area contributed by atoms with Crippen molar-refractivity contribution in [2.24, 2.45) is 0 Å². The molecule has 2 aromatic heterocycles. The smallest absolute Gasteiger partial charge is 0.322 e. The molecule has 1 fully saturated rings. The first kappa shape index (κ1) is 19.9. The van der Waals surface area contributed by atoms with Gasteiger partial charge in [-0.25, -0.2) is 9.78 Å². The van der Waals surface area contributed by atoms with Crippen molar-refractivity contribution in [1.82, 2.24) is 14.8 Å². The van der Waals surface area contributed by atoms with Crippen LogP contribution >= 0.6 is 22.7 Å². The number of aromatic nitrogens is 1. The van der Waals surface area contributed by atoms with Gasteiger partial charge in [-0.2, -0.15) is 0 Å². The van der Waals surface area contributed by atoms with Crippen LogP contribution in [0.15, 0.2) is 47.2 Å². The number of anilines is 1. The minimum absolute atomic E-state index is 0.0777. The maximum absolute atomic E-state index is 12.7. The highest BCUT2D eigenvalue weighted by molar-refractivity contribution is 7.14. The van der Waals surface area contributed by atoms with Crippen LogP contribution in [0.25, 0.3) is 10.6 Å². The number of piperazine rings is 1. The Morgan fingerprint density at radius 2 is 1.97 bits per heavy atom. The largest absolute Gasteiger partial charge is 0.492 e. The Morgan fingerprint density at radius 1 is 1.14 bits per heavy atom. The molecule has 1 aliphatic rings. The minimum atomic E-state index is -0.0777. The molecule has 0 aliphatic carbocycles. The quantitative estimate of drug-likeness (QED) is 0.622. The molecule has 1 aliphatic heterocycles. The van der Waals surface area contributed by atoms with E-state index in [1.807, 2.05) is 36.1 Å². The number of carbonyl (C=O) groups excluding carboxylic acids is 1. The van der Waals surface area contributed by atoms with Gasteiger partial charge in [-0.05, 0) is 30.5 Å². The van der Waals surface area contributed by atoms with Crippen molar-refractivity contribution < 1.29 is 9.53 Å². The summed E-state index contributed by atoms with van der Waals surface area (Å²) >= 11 is 3.42. The normalized spacial score (nSPS) is 14.7. The molecule has 152 valence electrons. The third kappa shape index (κ3) is 4.95. The fourth-order valence-electron chi connectivity index (χ4n) is 3.27. The molecule has 0 atom stereocenters. The maximum Gasteiger partial charge on any atom is 0.322 e. The standard InChI is InChI=1S/C21H24N4O2S2/c1-2-27-18-7-4-3-6-16(18)23-21(26)25-11-9-24(10-12-25)14-20-22-17(15-29-20)19-8-5-13-28-19/h3-8,13,15H,2,9-12,14H2,1H3,(H,23,26). The summed E-state index contributed by atoms with van der Waals surface area (Å²) in [6.45, 7) is 6.42. The van der Waals surface area contributed by atoms with Gasteiger partial charge < -0.3 is 15.0 Å². The molecule has 29 heavy (non-hydrogen) atoms. The number of benzene rings is 1. The van der Waals surface area contributed by atoms with Gasteiger partial charge in [0.1, 0.15) is 10.8 Å². The molecule has 0 spiro atoms.